The normalized spacial score (nSPS) is 11.8. The van der Waals surface area contributed by atoms with Gasteiger partial charge in [-0.25, -0.2) is 0 Å². The molecule has 2 heteroatoms. The van der Waals surface area contributed by atoms with Gasteiger partial charge in [-0.05, 0) is 49.9 Å². The molecule has 1 rings (SSSR count). The average Bonchev–Trinajstić information content (AvgIpc) is 2.47. The van der Waals surface area contributed by atoms with Crippen LogP contribution in [0.25, 0.3) is 0 Å². The fraction of sp³-hybridized carbons (Fsp3) is 0.529. The van der Waals surface area contributed by atoms with Gasteiger partial charge in [0.25, 0.3) is 0 Å². The van der Waals surface area contributed by atoms with Crippen molar-refractivity contribution in [2.24, 2.45) is 0 Å². The van der Waals surface area contributed by atoms with Gasteiger partial charge in [-0.3, -0.25) is 0 Å². The second-order valence-electron chi connectivity index (χ2n) is 4.78. The number of ether oxygens (including phenoxy) is 1. The monoisotopic (exact) mass is 259 g/mol. The summed E-state index contributed by atoms with van der Waals surface area (Å²) in [7, 11) is 1.69. The molecule has 0 aromatic heterocycles. The third-order valence-electron chi connectivity index (χ3n) is 3.26. The molecule has 0 bridgehead atoms. The van der Waals surface area contributed by atoms with Gasteiger partial charge in [-0.15, -0.1) is 12.3 Å². The molecule has 19 heavy (non-hydrogen) atoms. The van der Waals surface area contributed by atoms with E-state index < -0.39 is 0 Å². The minimum atomic E-state index is 0.526. The Kier molecular flexibility index (Phi) is 7.77. The molecule has 0 saturated carbocycles. The zero-order valence-electron chi connectivity index (χ0n) is 12.1. The summed E-state index contributed by atoms with van der Waals surface area (Å²) in [6.45, 7) is 3.26. The van der Waals surface area contributed by atoms with Gasteiger partial charge in [0.1, 0.15) is 5.75 Å². The zero-order chi connectivity index (χ0) is 13.9. The second kappa shape index (κ2) is 9.47. The van der Waals surface area contributed by atoms with Crippen molar-refractivity contribution in [2.45, 2.75) is 45.1 Å². The number of rotatable bonds is 9. The summed E-state index contributed by atoms with van der Waals surface area (Å²) in [5.74, 6) is 3.64. The minimum absolute atomic E-state index is 0.526. The van der Waals surface area contributed by atoms with Gasteiger partial charge >= 0.3 is 0 Å². The lowest BCUT2D eigenvalue weighted by atomic mass is 10.0. The van der Waals surface area contributed by atoms with Crippen molar-refractivity contribution in [2.75, 3.05) is 13.7 Å². The smallest absolute Gasteiger partial charge is 0.118 e. The van der Waals surface area contributed by atoms with Crippen molar-refractivity contribution >= 4 is 0 Å². The highest BCUT2D eigenvalue weighted by Gasteiger charge is 2.07. The zero-order valence-corrected chi connectivity index (χ0v) is 12.1. The Bertz CT molecular complexity index is 377. The minimum Gasteiger partial charge on any atom is -0.497 e. The number of methoxy groups -OCH3 is 1. The Morgan fingerprint density at radius 3 is 2.58 bits per heavy atom. The first-order chi connectivity index (χ1) is 9.30. The van der Waals surface area contributed by atoms with E-state index in [1.54, 1.807) is 7.11 Å². The van der Waals surface area contributed by atoms with E-state index in [9.17, 15) is 0 Å². The maximum atomic E-state index is 5.35. The number of hydrogen-bond acceptors (Lipinski definition) is 2. The molecule has 0 amide bonds. The molecule has 0 fully saturated rings. The summed E-state index contributed by atoms with van der Waals surface area (Å²) in [6, 6.07) is 8.84. The van der Waals surface area contributed by atoms with Crippen LogP contribution >= 0.6 is 0 Å². The second-order valence-corrected chi connectivity index (χ2v) is 4.78. The predicted molar refractivity (Wildman–Crippen MR) is 81.5 cm³/mol. The number of benzene rings is 1. The third-order valence-corrected chi connectivity index (χ3v) is 3.26. The van der Waals surface area contributed by atoms with Gasteiger partial charge in [0.15, 0.2) is 0 Å². The van der Waals surface area contributed by atoms with Crippen molar-refractivity contribution in [3.63, 3.8) is 0 Å². The molecule has 0 radical (unpaired) electrons. The topological polar surface area (TPSA) is 21.3 Å². The van der Waals surface area contributed by atoms with Crippen LogP contribution in [-0.4, -0.2) is 19.7 Å². The van der Waals surface area contributed by atoms with Crippen molar-refractivity contribution in [3.05, 3.63) is 29.8 Å². The molecule has 2 nitrogen and oxygen atoms in total. The number of terminal acetylenes is 1. The van der Waals surface area contributed by atoms with Crippen LogP contribution in [-0.2, 0) is 6.42 Å². The van der Waals surface area contributed by atoms with Crippen molar-refractivity contribution < 1.29 is 4.74 Å². The fourth-order valence-corrected chi connectivity index (χ4v) is 2.09. The lowest BCUT2D eigenvalue weighted by Gasteiger charge is -2.17. The molecule has 1 atom stereocenters. The number of aryl methyl sites for hydroxylation is 1. The molecule has 0 aliphatic carbocycles. The van der Waals surface area contributed by atoms with E-state index in [2.05, 4.69) is 30.3 Å². The SMILES string of the molecule is C#CCCC(CCc1ccc(OC)cc1)NCCC. The molecule has 0 spiro atoms. The Labute approximate surface area is 117 Å². The molecule has 1 unspecified atom stereocenters. The molecule has 0 aliphatic rings. The number of nitrogens with one attached hydrogen (secondary N) is 1. The first kappa shape index (κ1) is 15.6. The molecule has 1 aromatic carbocycles. The standard InChI is InChI=1S/C17H25NO/c1-4-6-7-16(18-14-5-2)11-8-15-9-12-17(19-3)13-10-15/h1,9-10,12-13,16,18H,5-8,11,14H2,2-3H3. The largest absolute Gasteiger partial charge is 0.497 e. The van der Waals surface area contributed by atoms with Gasteiger partial charge < -0.3 is 10.1 Å². The van der Waals surface area contributed by atoms with Crippen LogP contribution < -0.4 is 10.1 Å². The van der Waals surface area contributed by atoms with Crippen LogP contribution in [0, 0.1) is 12.3 Å². The lowest BCUT2D eigenvalue weighted by molar-refractivity contribution is 0.414. The molecular weight excluding hydrogens is 234 g/mol. The van der Waals surface area contributed by atoms with Gasteiger partial charge in [-0.1, -0.05) is 19.1 Å². The summed E-state index contributed by atoms with van der Waals surface area (Å²) in [4.78, 5) is 0. The number of hydrogen-bond donors (Lipinski definition) is 1. The third kappa shape index (κ3) is 6.31. The van der Waals surface area contributed by atoms with Crippen LogP contribution in [0.4, 0.5) is 0 Å². The van der Waals surface area contributed by atoms with Gasteiger partial charge in [0.05, 0.1) is 7.11 Å². The Morgan fingerprint density at radius 2 is 2.00 bits per heavy atom. The van der Waals surface area contributed by atoms with Crippen molar-refractivity contribution in [3.8, 4) is 18.1 Å². The fourth-order valence-electron chi connectivity index (χ4n) is 2.09. The first-order valence-corrected chi connectivity index (χ1v) is 7.10. The van der Waals surface area contributed by atoms with Crippen LogP contribution in [0.2, 0.25) is 0 Å². The van der Waals surface area contributed by atoms with Crippen LogP contribution in [0.15, 0.2) is 24.3 Å². The Balaban J connectivity index is 2.42. The van der Waals surface area contributed by atoms with Crippen LogP contribution in [0.5, 0.6) is 5.75 Å². The maximum Gasteiger partial charge on any atom is 0.118 e. The molecule has 0 saturated heterocycles. The summed E-state index contributed by atoms with van der Waals surface area (Å²) >= 11 is 0. The highest BCUT2D eigenvalue weighted by Crippen LogP contribution is 2.14. The van der Waals surface area contributed by atoms with E-state index in [1.807, 2.05) is 12.1 Å². The lowest BCUT2D eigenvalue weighted by Crippen LogP contribution is -2.30. The molecule has 1 N–H and O–H groups in total. The Morgan fingerprint density at radius 1 is 1.26 bits per heavy atom. The highest BCUT2D eigenvalue weighted by atomic mass is 16.5. The highest BCUT2D eigenvalue weighted by molar-refractivity contribution is 5.27. The van der Waals surface area contributed by atoms with E-state index in [4.69, 9.17) is 11.2 Å². The average molecular weight is 259 g/mol. The van der Waals surface area contributed by atoms with Gasteiger partial charge in [0.2, 0.25) is 0 Å². The van der Waals surface area contributed by atoms with Crippen LogP contribution in [0.3, 0.4) is 0 Å². The summed E-state index contributed by atoms with van der Waals surface area (Å²) in [5.41, 5.74) is 1.35. The Hall–Kier alpha value is -1.46. The molecule has 1 aromatic rings. The maximum absolute atomic E-state index is 5.35. The molecule has 0 heterocycles. The van der Waals surface area contributed by atoms with E-state index >= 15 is 0 Å². The van der Waals surface area contributed by atoms with Gasteiger partial charge in [-0.2, -0.15) is 0 Å². The van der Waals surface area contributed by atoms with Crippen molar-refractivity contribution in [1.82, 2.24) is 5.32 Å². The quantitative estimate of drug-likeness (QED) is 0.686. The molecular formula is C17H25NO. The van der Waals surface area contributed by atoms with Crippen molar-refractivity contribution in [1.29, 1.82) is 0 Å². The molecule has 104 valence electrons. The molecule has 0 aliphatic heterocycles. The van der Waals surface area contributed by atoms with Crippen LogP contribution in [0.1, 0.15) is 38.2 Å². The first-order valence-electron chi connectivity index (χ1n) is 7.10. The van der Waals surface area contributed by atoms with E-state index in [-0.39, 0.29) is 0 Å². The summed E-state index contributed by atoms with van der Waals surface area (Å²) < 4.78 is 5.17. The predicted octanol–water partition coefficient (Wildman–Crippen LogP) is 3.41. The van der Waals surface area contributed by atoms with Gasteiger partial charge in [0, 0.05) is 12.5 Å². The summed E-state index contributed by atoms with van der Waals surface area (Å²) in [5, 5.41) is 3.58. The van der Waals surface area contributed by atoms with E-state index in [0.29, 0.717) is 6.04 Å². The van der Waals surface area contributed by atoms with E-state index in [0.717, 1.165) is 44.4 Å². The van der Waals surface area contributed by atoms with E-state index in [1.165, 1.54) is 5.56 Å². The summed E-state index contributed by atoms with van der Waals surface area (Å²) in [6.07, 6.45) is 10.6.